The smallest absolute Gasteiger partial charge is 0.344 e. The summed E-state index contributed by atoms with van der Waals surface area (Å²) >= 11 is 0. The van der Waals surface area contributed by atoms with E-state index in [1.165, 1.54) is 6.07 Å². The van der Waals surface area contributed by atoms with Gasteiger partial charge in [-0.1, -0.05) is 0 Å². The van der Waals surface area contributed by atoms with Gasteiger partial charge in [0.1, 0.15) is 17.1 Å². The molecule has 0 unspecified atom stereocenters. The first kappa shape index (κ1) is 11.6. The maximum atomic E-state index is 12.0. The van der Waals surface area contributed by atoms with Gasteiger partial charge in [0.15, 0.2) is 0 Å². The summed E-state index contributed by atoms with van der Waals surface area (Å²) in [6, 6.07) is 8.24. The van der Waals surface area contributed by atoms with Crippen LogP contribution in [0.25, 0.3) is 21.7 Å². The minimum absolute atomic E-state index is 0.116. The van der Waals surface area contributed by atoms with E-state index in [2.05, 4.69) is 0 Å². The molecular weight excluding hydrogens is 244 g/mol. The molecule has 0 amide bonds. The van der Waals surface area contributed by atoms with Crippen LogP contribution in [0.1, 0.15) is 5.56 Å². The van der Waals surface area contributed by atoms with Crippen LogP contribution in [0.4, 0.5) is 0 Å². The molecule has 19 heavy (non-hydrogen) atoms. The lowest BCUT2D eigenvalue weighted by Crippen LogP contribution is -2.01. The molecule has 1 aromatic heterocycles. The fraction of sp³-hybridized carbons (Fsp3) is 0.133. The maximum absolute atomic E-state index is 12.0. The molecule has 4 heteroatoms. The van der Waals surface area contributed by atoms with Crippen molar-refractivity contribution in [1.29, 1.82) is 0 Å². The van der Waals surface area contributed by atoms with E-state index >= 15 is 0 Å². The monoisotopic (exact) mass is 256 g/mol. The molecule has 3 rings (SSSR count). The Balaban J connectivity index is 2.65. The van der Waals surface area contributed by atoms with Crippen molar-refractivity contribution in [2.45, 2.75) is 6.92 Å². The molecule has 0 bridgehead atoms. The van der Waals surface area contributed by atoms with Crippen LogP contribution in [0.5, 0.6) is 11.5 Å². The zero-order valence-electron chi connectivity index (χ0n) is 10.6. The molecule has 3 aromatic rings. The number of hydrogen-bond acceptors (Lipinski definition) is 4. The van der Waals surface area contributed by atoms with Crippen LogP contribution in [-0.4, -0.2) is 12.2 Å². The topological polar surface area (TPSA) is 59.7 Å². The predicted octanol–water partition coefficient (Wildman–Crippen LogP) is 2.97. The molecule has 1 N–H and O–H groups in total. The molecule has 0 aliphatic carbocycles. The van der Waals surface area contributed by atoms with Gasteiger partial charge in [0, 0.05) is 10.8 Å². The van der Waals surface area contributed by atoms with Crippen LogP contribution in [0.2, 0.25) is 0 Å². The first-order valence-corrected chi connectivity index (χ1v) is 5.84. The number of aromatic hydroxyl groups is 1. The summed E-state index contributed by atoms with van der Waals surface area (Å²) in [7, 11) is 1.55. The minimum Gasteiger partial charge on any atom is -0.508 e. The molecule has 0 radical (unpaired) electrons. The number of ether oxygens (including phenoxy) is 1. The van der Waals surface area contributed by atoms with E-state index in [9.17, 15) is 9.90 Å². The van der Waals surface area contributed by atoms with E-state index in [0.29, 0.717) is 27.5 Å². The summed E-state index contributed by atoms with van der Waals surface area (Å²) < 4.78 is 10.6. The van der Waals surface area contributed by atoms with E-state index in [1.54, 1.807) is 25.3 Å². The average molecular weight is 256 g/mol. The predicted molar refractivity (Wildman–Crippen MR) is 72.9 cm³/mol. The Labute approximate surface area is 108 Å². The lowest BCUT2D eigenvalue weighted by molar-refractivity contribution is 0.419. The second kappa shape index (κ2) is 4.02. The third-order valence-electron chi connectivity index (χ3n) is 3.12. The van der Waals surface area contributed by atoms with E-state index in [1.807, 2.05) is 13.0 Å². The van der Waals surface area contributed by atoms with Gasteiger partial charge in [-0.15, -0.1) is 0 Å². The quantitative estimate of drug-likeness (QED) is 0.537. The Kier molecular flexibility index (Phi) is 2.45. The molecule has 0 aliphatic rings. The Morgan fingerprint density at radius 3 is 2.68 bits per heavy atom. The van der Waals surface area contributed by atoms with Crippen molar-refractivity contribution in [1.82, 2.24) is 0 Å². The summed E-state index contributed by atoms with van der Waals surface area (Å²) in [6.45, 7) is 1.88. The number of rotatable bonds is 1. The van der Waals surface area contributed by atoms with Crippen molar-refractivity contribution >= 4 is 21.7 Å². The van der Waals surface area contributed by atoms with Crippen molar-refractivity contribution in [3.63, 3.8) is 0 Å². The Hall–Kier alpha value is -2.49. The maximum Gasteiger partial charge on any atom is 0.344 e. The Morgan fingerprint density at radius 1 is 1.16 bits per heavy atom. The van der Waals surface area contributed by atoms with Crippen LogP contribution in [-0.2, 0) is 0 Å². The van der Waals surface area contributed by atoms with Crippen molar-refractivity contribution in [2.24, 2.45) is 0 Å². The van der Waals surface area contributed by atoms with Gasteiger partial charge >= 0.3 is 5.63 Å². The van der Waals surface area contributed by atoms with Crippen molar-refractivity contribution in [2.75, 3.05) is 7.11 Å². The zero-order valence-corrected chi connectivity index (χ0v) is 10.6. The molecule has 0 aliphatic heterocycles. The van der Waals surface area contributed by atoms with Gasteiger partial charge in [-0.3, -0.25) is 0 Å². The van der Waals surface area contributed by atoms with Gasteiger partial charge in [0.05, 0.1) is 12.5 Å². The van der Waals surface area contributed by atoms with Crippen LogP contribution >= 0.6 is 0 Å². The molecule has 96 valence electrons. The molecule has 0 spiro atoms. The summed E-state index contributed by atoms with van der Waals surface area (Å²) in [6.07, 6.45) is 0. The molecule has 0 saturated carbocycles. The number of phenols is 1. The van der Waals surface area contributed by atoms with Gasteiger partial charge in [0.25, 0.3) is 0 Å². The van der Waals surface area contributed by atoms with E-state index in [4.69, 9.17) is 9.15 Å². The molecular formula is C15H12O4. The fourth-order valence-corrected chi connectivity index (χ4v) is 2.31. The molecule has 1 heterocycles. The van der Waals surface area contributed by atoms with Crippen molar-refractivity contribution < 1.29 is 14.3 Å². The fourth-order valence-electron chi connectivity index (χ4n) is 2.31. The third kappa shape index (κ3) is 1.73. The number of phenolic OH excluding ortho intramolecular Hbond substituents is 1. The Morgan fingerprint density at radius 2 is 1.95 bits per heavy atom. The van der Waals surface area contributed by atoms with Crippen LogP contribution in [0.15, 0.2) is 39.5 Å². The van der Waals surface area contributed by atoms with Crippen molar-refractivity contribution in [3.05, 3.63) is 46.3 Å². The van der Waals surface area contributed by atoms with Crippen molar-refractivity contribution in [3.8, 4) is 11.5 Å². The number of aryl methyl sites for hydroxylation is 1. The molecule has 4 nitrogen and oxygen atoms in total. The average Bonchev–Trinajstić information content (AvgIpc) is 2.39. The van der Waals surface area contributed by atoms with Crippen LogP contribution in [0.3, 0.4) is 0 Å². The molecule has 0 fully saturated rings. The lowest BCUT2D eigenvalue weighted by atomic mass is 10.0. The second-order valence-electron chi connectivity index (χ2n) is 4.46. The highest BCUT2D eigenvalue weighted by molar-refractivity contribution is 6.08. The number of fused-ring (bicyclic) bond motifs is 3. The second-order valence-corrected chi connectivity index (χ2v) is 4.46. The normalized spacial score (nSPS) is 11.1. The van der Waals surface area contributed by atoms with Gasteiger partial charge in [-0.05, 0) is 42.8 Å². The largest absolute Gasteiger partial charge is 0.508 e. The zero-order chi connectivity index (χ0) is 13.6. The van der Waals surface area contributed by atoms with Gasteiger partial charge in [0.2, 0.25) is 0 Å². The summed E-state index contributed by atoms with van der Waals surface area (Å²) in [5.74, 6) is 0.712. The highest BCUT2D eigenvalue weighted by atomic mass is 16.5. The summed E-state index contributed by atoms with van der Waals surface area (Å²) in [4.78, 5) is 12.0. The van der Waals surface area contributed by atoms with E-state index in [0.717, 1.165) is 5.56 Å². The highest BCUT2D eigenvalue weighted by Crippen LogP contribution is 2.33. The molecule has 2 aromatic carbocycles. The van der Waals surface area contributed by atoms with E-state index in [-0.39, 0.29) is 5.75 Å². The van der Waals surface area contributed by atoms with Gasteiger partial charge < -0.3 is 14.3 Å². The van der Waals surface area contributed by atoms with Gasteiger partial charge in [-0.2, -0.15) is 0 Å². The summed E-state index contributed by atoms with van der Waals surface area (Å²) in [5, 5.41) is 11.4. The van der Waals surface area contributed by atoms with E-state index < -0.39 is 5.63 Å². The number of methoxy groups -OCH3 is 1. The standard InChI is InChI=1S/C15H12O4/c1-8-5-11-14(13(6-8)18-2)10-7-9(16)3-4-12(10)19-15(11)17/h3-7,16H,1-2H3. The molecule has 0 atom stereocenters. The SMILES string of the molecule is COc1cc(C)cc2c(=O)oc3ccc(O)cc3c12. The van der Waals surface area contributed by atoms with Crippen LogP contribution in [0, 0.1) is 6.92 Å². The number of hydrogen-bond donors (Lipinski definition) is 1. The Bertz CT molecular complexity index is 846. The number of benzene rings is 2. The highest BCUT2D eigenvalue weighted by Gasteiger charge is 2.13. The summed E-state index contributed by atoms with van der Waals surface area (Å²) in [5.41, 5.74) is 0.934. The first-order valence-electron chi connectivity index (χ1n) is 5.84. The van der Waals surface area contributed by atoms with Crippen LogP contribution < -0.4 is 10.4 Å². The first-order chi connectivity index (χ1) is 9.10. The third-order valence-corrected chi connectivity index (χ3v) is 3.12. The minimum atomic E-state index is -0.407. The lowest BCUT2D eigenvalue weighted by Gasteiger charge is -2.09. The molecule has 0 saturated heterocycles. The van der Waals surface area contributed by atoms with Gasteiger partial charge in [-0.25, -0.2) is 4.79 Å².